The summed E-state index contributed by atoms with van der Waals surface area (Å²) in [4.78, 5) is 64.9. The van der Waals surface area contributed by atoms with Crippen molar-refractivity contribution in [1.82, 2.24) is 15.1 Å². The van der Waals surface area contributed by atoms with Gasteiger partial charge in [0.1, 0.15) is 6.04 Å². The number of hydrogen-bond donors (Lipinski definition) is 7. The minimum atomic E-state index is -1.23. The van der Waals surface area contributed by atoms with Crippen molar-refractivity contribution >= 4 is 48.4 Å². The van der Waals surface area contributed by atoms with Crippen LogP contribution in [-0.2, 0) is 28.8 Å². The molecule has 6 N–H and O–H groups in total. The molecule has 0 heterocycles. The molecule has 0 radical (unpaired) electrons. The van der Waals surface area contributed by atoms with Crippen molar-refractivity contribution in [3.63, 3.8) is 0 Å². The molecule has 0 fully saturated rings. The molecule has 0 saturated carbocycles. The zero-order valence-corrected chi connectivity index (χ0v) is 16.9. The van der Waals surface area contributed by atoms with Crippen LogP contribution in [0.25, 0.3) is 0 Å². The standard InChI is InChI=1S/C10H16N2O8.C5H9NO3S/c13-7(14)3-11(4-8(15)16)1-2-12(5-9(17)18)6-10(19)20;1-3(7)6-4(2-10)5(8)9/h1-6H2,(H,13,14)(H,15,16)(H,17,18)(H,19,20);4,10H,2H2,1H3,(H,6,7)(H,8,9). The Bertz CT molecular complexity index is 561. The maximum atomic E-state index is 10.6. The van der Waals surface area contributed by atoms with Gasteiger partial charge in [0.15, 0.2) is 0 Å². The molecule has 14 nitrogen and oxygen atoms in total. The lowest BCUT2D eigenvalue weighted by atomic mass is 10.3. The van der Waals surface area contributed by atoms with E-state index in [0.29, 0.717) is 0 Å². The zero-order chi connectivity index (χ0) is 23.9. The Balaban J connectivity index is 0. The Kier molecular flexibility index (Phi) is 15.6. The number of aliphatic carboxylic acids is 5. The van der Waals surface area contributed by atoms with E-state index in [1.165, 1.54) is 6.92 Å². The Hall–Kier alpha value is -2.91. The van der Waals surface area contributed by atoms with Crippen LogP contribution in [-0.4, -0.2) is 122 Å². The minimum absolute atomic E-state index is 0.0703. The number of rotatable bonds is 14. The number of carbonyl (C=O) groups excluding carboxylic acids is 1. The largest absolute Gasteiger partial charge is 0.480 e. The average Bonchev–Trinajstić information content (AvgIpc) is 2.55. The summed E-state index contributed by atoms with van der Waals surface area (Å²) in [6.07, 6.45) is 0. The third-order valence-corrected chi connectivity index (χ3v) is 3.39. The number of carboxylic acids is 5. The van der Waals surface area contributed by atoms with Gasteiger partial charge in [0, 0.05) is 25.8 Å². The first-order valence-corrected chi connectivity index (χ1v) is 8.84. The molecule has 0 rings (SSSR count). The van der Waals surface area contributed by atoms with Gasteiger partial charge in [0.25, 0.3) is 0 Å². The summed E-state index contributed by atoms with van der Waals surface area (Å²) in [5.41, 5.74) is 0. The van der Waals surface area contributed by atoms with E-state index in [1.807, 2.05) is 0 Å². The van der Waals surface area contributed by atoms with E-state index < -0.39 is 62.1 Å². The SMILES string of the molecule is CC(=O)NC(CS)C(=O)O.O=C(O)CN(CCN(CC(=O)O)CC(=O)O)CC(=O)O. The van der Waals surface area contributed by atoms with E-state index in [0.717, 1.165) is 9.80 Å². The second-order valence-electron chi connectivity index (χ2n) is 5.77. The molecule has 172 valence electrons. The smallest absolute Gasteiger partial charge is 0.327 e. The summed E-state index contributed by atoms with van der Waals surface area (Å²) < 4.78 is 0. The maximum absolute atomic E-state index is 10.6. The van der Waals surface area contributed by atoms with Crippen LogP contribution in [0.1, 0.15) is 6.92 Å². The number of thiol groups is 1. The zero-order valence-electron chi connectivity index (χ0n) is 16.1. The summed E-state index contributed by atoms with van der Waals surface area (Å²) in [7, 11) is 0. The van der Waals surface area contributed by atoms with Crippen molar-refractivity contribution in [1.29, 1.82) is 0 Å². The Morgan fingerprint density at radius 2 is 1.03 bits per heavy atom. The van der Waals surface area contributed by atoms with E-state index in [9.17, 15) is 28.8 Å². The predicted octanol–water partition coefficient (Wildman–Crippen LogP) is -2.57. The van der Waals surface area contributed by atoms with Crippen molar-refractivity contribution in [2.24, 2.45) is 0 Å². The quantitative estimate of drug-likeness (QED) is 0.134. The Labute approximate surface area is 176 Å². The first-order chi connectivity index (χ1) is 13.8. The molecule has 15 heteroatoms. The molecule has 0 aromatic carbocycles. The molecule has 0 aliphatic rings. The van der Waals surface area contributed by atoms with Crippen molar-refractivity contribution in [2.45, 2.75) is 13.0 Å². The molecule has 1 unspecified atom stereocenters. The third-order valence-electron chi connectivity index (χ3n) is 3.03. The average molecular weight is 455 g/mol. The van der Waals surface area contributed by atoms with E-state index in [2.05, 4.69) is 17.9 Å². The van der Waals surface area contributed by atoms with Crippen molar-refractivity contribution in [3.8, 4) is 0 Å². The monoisotopic (exact) mass is 455 g/mol. The van der Waals surface area contributed by atoms with E-state index in [-0.39, 0.29) is 24.7 Å². The maximum Gasteiger partial charge on any atom is 0.327 e. The van der Waals surface area contributed by atoms with E-state index in [4.69, 9.17) is 25.5 Å². The lowest BCUT2D eigenvalue weighted by molar-refractivity contribution is -0.145. The molecule has 0 spiro atoms. The summed E-state index contributed by atoms with van der Waals surface area (Å²) in [5, 5.41) is 45.0. The second-order valence-corrected chi connectivity index (χ2v) is 6.14. The minimum Gasteiger partial charge on any atom is -0.480 e. The summed E-state index contributed by atoms with van der Waals surface area (Å²) in [6.45, 7) is -0.987. The molecule has 0 aliphatic heterocycles. The Morgan fingerprint density at radius 1 is 0.733 bits per heavy atom. The second kappa shape index (κ2) is 15.9. The van der Waals surface area contributed by atoms with Gasteiger partial charge < -0.3 is 30.8 Å². The molecule has 30 heavy (non-hydrogen) atoms. The number of amides is 1. The highest BCUT2D eigenvalue weighted by molar-refractivity contribution is 7.80. The number of carbonyl (C=O) groups is 6. The van der Waals surface area contributed by atoms with Gasteiger partial charge in [-0.1, -0.05) is 0 Å². The lowest BCUT2D eigenvalue weighted by Crippen LogP contribution is -2.43. The van der Waals surface area contributed by atoms with Crippen LogP contribution >= 0.6 is 12.6 Å². The van der Waals surface area contributed by atoms with Crippen LogP contribution in [0.15, 0.2) is 0 Å². The molecule has 0 aromatic rings. The highest BCUT2D eigenvalue weighted by Gasteiger charge is 2.18. The normalized spacial score (nSPS) is 11.2. The highest BCUT2D eigenvalue weighted by Crippen LogP contribution is 1.94. The molecular weight excluding hydrogens is 430 g/mol. The fourth-order valence-electron chi connectivity index (χ4n) is 1.91. The van der Waals surface area contributed by atoms with Crippen molar-refractivity contribution in [2.75, 3.05) is 45.0 Å². The fourth-order valence-corrected chi connectivity index (χ4v) is 2.15. The number of carboxylic acid groups (broad SMARTS) is 5. The van der Waals surface area contributed by atoms with Gasteiger partial charge in [-0.15, -0.1) is 0 Å². The van der Waals surface area contributed by atoms with Gasteiger partial charge in [0.2, 0.25) is 5.91 Å². The highest BCUT2D eigenvalue weighted by atomic mass is 32.1. The topological polar surface area (TPSA) is 222 Å². The van der Waals surface area contributed by atoms with Crippen molar-refractivity contribution in [3.05, 3.63) is 0 Å². The van der Waals surface area contributed by atoms with E-state index >= 15 is 0 Å². The molecule has 0 bridgehead atoms. The van der Waals surface area contributed by atoms with Crippen LogP contribution < -0.4 is 5.32 Å². The van der Waals surface area contributed by atoms with Crippen LogP contribution in [0.4, 0.5) is 0 Å². The first kappa shape index (κ1) is 29.3. The van der Waals surface area contributed by atoms with Gasteiger partial charge in [-0.3, -0.25) is 33.8 Å². The molecule has 0 saturated heterocycles. The number of nitrogens with zero attached hydrogens (tertiary/aromatic N) is 2. The van der Waals surface area contributed by atoms with Gasteiger partial charge in [-0.05, 0) is 0 Å². The predicted molar refractivity (Wildman–Crippen MR) is 103 cm³/mol. The van der Waals surface area contributed by atoms with Gasteiger partial charge in [-0.25, -0.2) is 4.79 Å². The number of hydrogen-bond acceptors (Lipinski definition) is 9. The number of nitrogens with one attached hydrogen (secondary N) is 1. The van der Waals surface area contributed by atoms with Gasteiger partial charge in [-0.2, -0.15) is 12.6 Å². The molecule has 1 atom stereocenters. The van der Waals surface area contributed by atoms with Gasteiger partial charge >= 0.3 is 29.8 Å². The summed E-state index contributed by atoms with van der Waals surface area (Å²) in [5.74, 6) is -6.23. The molecular formula is C15H25N3O11S. The van der Waals surface area contributed by atoms with Crippen molar-refractivity contribution < 1.29 is 54.3 Å². The Morgan fingerprint density at radius 3 is 1.17 bits per heavy atom. The molecule has 0 aromatic heterocycles. The lowest BCUT2D eigenvalue weighted by Gasteiger charge is -2.23. The molecule has 0 aliphatic carbocycles. The van der Waals surface area contributed by atoms with Crippen LogP contribution in [0.5, 0.6) is 0 Å². The summed E-state index contributed by atoms with van der Waals surface area (Å²) >= 11 is 3.73. The molecule has 1 amide bonds. The van der Waals surface area contributed by atoms with Gasteiger partial charge in [0.05, 0.1) is 26.2 Å². The van der Waals surface area contributed by atoms with Crippen LogP contribution in [0.2, 0.25) is 0 Å². The third kappa shape index (κ3) is 18.5. The fraction of sp³-hybridized carbons (Fsp3) is 0.600. The first-order valence-electron chi connectivity index (χ1n) is 8.21. The van der Waals surface area contributed by atoms with E-state index in [1.54, 1.807) is 0 Å². The van der Waals surface area contributed by atoms with Crippen LogP contribution in [0, 0.1) is 0 Å². The van der Waals surface area contributed by atoms with Crippen LogP contribution in [0.3, 0.4) is 0 Å². The summed E-state index contributed by atoms with van der Waals surface area (Å²) in [6, 6.07) is -0.874.